The van der Waals surface area contributed by atoms with E-state index in [4.69, 9.17) is 9.26 Å². The van der Waals surface area contributed by atoms with E-state index in [0.29, 0.717) is 11.6 Å². The van der Waals surface area contributed by atoms with E-state index in [2.05, 4.69) is 21.9 Å². The van der Waals surface area contributed by atoms with Gasteiger partial charge in [-0.1, -0.05) is 5.16 Å². The van der Waals surface area contributed by atoms with Gasteiger partial charge in [0.1, 0.15) is 5.76 Å². The molecule has 0 aliphatic heterocycles. The van der Waals surface area contributed by atoms with Crippen molar-refractivity contribution in [2.24, 2.45) is 4.99 Å². The molecular weight excluding hydrogens is 218 g/mol. The van der Waals surface area contributed by atoms with Crippen molar-refractivity contribution in [3.8, 4) is 16.9 Å². The van der Waals surface area contributed by atoms with Gasteiger partial charge in [0, 0.05) is 17.3 Å². The number of aliphatic imine (C=N–C) groups is 1. The van der Waals surface area contributed by atoms with E-state index < -0.39 is 0 Å². The molecule has 0 bridgehead atoms. The zero-order valence-electron chi connectivity index (χ0n) is 10.0. The standard InChI is InChI=1S/C12H13N3O2/c1-7-11(8(2)17-15-7)9-5-10(16-4)12(13-3)14-6-9/h5-6H,3H2,1-2,4H3. The van der Waals surface area contributed by atoms with Gasteiger partial charge in [-0.25, -0.2) is 9.98 Å². The van der Waals surface area contributed by atoms with E-state index in [0.717, 1.165) is 22.6 Å². The first kappa shape index (κ1) is 11.3. The third kappa shape index (κ3) is 1.91. The highest BCUT2D eigenvalue weighted by atomic mass is 16.5. The highest BCUT2D eigenvalue weighted by Crippen LogP contribution is 2.32. The number of hydrogen-bond acceptors (Lipinski definition) is 5. The van der Waals surface area contributed by atoms with Crippen LogP contribution >= 0.6 is 0 Å². The number of rotatable bonds is 3. The summed E-state index contributed by atoms with van der Waals surface area (Å²) in [5, 5.41) is 3.91. The summed E-state index contributed by atoms with van der Waals surface area (Å²) in [5.41, 5.74) is 2.66. The average molecular weight is 231 g/mol. The molecule has 0 saturated carbocycles. The predicted molar refractivity (Wildman–Crippen MR) is 65.0 cm³/mol. The molecule has 0 aromatic carbocycles. The number of aromatic nitrogens is 2. The van der Waals surface area contributed by atoms with Gasteiger partial charge in [0.25, 0.3) is 0 Å². The van der Waals surface area contributed by atoms with Crippen molar-refractivity contribution in [3.63, 3.8) is 0 Å². The minimum Gasteiger partial charge on any atom is -0.493 e. The lowest BCUT2D eigenvalue weighted by atomic mass is 10.1. The Morgan fingerprint density at radius 1 is 1.41 bits per heavy atom. The number of methoxy groups -OCH3 is 1. The van der Waals surface area contributed by atoms with Crippen LogP contribution in [0.5, 0.6) is 5.75 Å². The van der Waals surface area contributed by atoms with Crippen molar-refractivity contribution in [2.45, 2.75) is 13.8 Å². The molecule has 0 atom stereocenters. The molecule has 0 saturated heterocycles. The second kappa shape index (κ2) is 4.37. The first-order valence-electron chi connectivity index (χ1n) is 5.11. The van der Waals surface area contributed by atoms with Crippen LogP contribution in [-0.4, -0.2) is 24.0 Å². The molecule has 2 aromatic rings. The van der Waals surface area contributed by atoms with E-state index in [1.807, 2.05) is 19.9 Å². The molecular formula is C12H13N3O2. The van der Waals surface area contributed by atoms with Crippen molar-refractivity contribution in [1.29, 1.82) is 0 Å². The van der Waals surface area contributed by atoms with Crippen LogP contribution < -0.4 is 4.74 Å². The minimum atomic E-state index is 0.475. The summed E-state index contributed by atoms with van der Waals surface area (Å²) < 4.78 is 10.3. The molecule has 0 radical (unpaired) electrons. The molecule has 0 spiro atoms. The Labute approximate surface area is 99.1 Å². The monoisotopic (exact) mass is 231 g/mol. The maximum Gasteiger partial charge on any atom is 0.194 e. The molecule has 2 rings (SSSR count). The molecule has 88 valence electrons. The Kier molecular flexibility index (Phi) is 2.91. The number of aryl methyl sites for hydroxylation is 2. The lowest BCUT2D eigenvalue weighted by Crippen LogP contribution is -1.89. The van der Waals surface area contributed by atoms with E-state index in [1.54, 1.807) is 13.3 Å². The van der Waals surface area contributed by atoms with Gasteiger partial charge >= 0.3 is 0 Å². The summed E-state index contributed by atoms with van der Waals surface area (Å²) in [4.78, 5) is 7.97. The summed E-state index contributed by atoms with van der Waals surface area (Å²) in [5.74, 6) is 1.81. The minimum absolute atomic E-state index is 0.475. The molecule has 0 N–H and O–H groups in total. The Morgan fingerprint density at radius 3 is 2.71 bits per heavy atom. The van der Waals surface area contributed by atoms with Gasteiger partial charge in [0.15, 0.2) is 11.6 Å². The fourth-order valence-electron chi connectivity index (χ4n) is 1.74. The largest absolute Gasteiger partial charge is 0.493 e. The van der Waals surface area contributed by atoms with Crippen LogP contribution in [0.15, 0.2) is 21.8 Å². The fourth-order valence-corrected chi connectivity index (χ4v) is 1.74. The van der Waals surface area contributed by atoms with Crippen molar-refractivity contribution in [3.05, 3.63) is 23.7 Å². The lowest BCUT2D eigenvalue weighted by Gasteiger charge is -2.06. The Balaban J connectivity index is 2.58. The third-order valence-electron chi connectivity index (χ3n) is 2.52. The topological polar surface area (TPSA) is 60.5 Å². The maximum absolute atomic E-state index is 5.21. The summed E-state index contributed by atoms with van der Waals surface area (Å²) in [6, 6.07) is 1.85. The quantitative estimate of drug-likeness (QED) is 0.762. The molecule has 0 aliphatic rings. The summed E-state index contributed by atoms with van der Waals surface area (Å²) in [6.07, 6.45) is 1.71. The molecule has 2 aromatic heterocycles. The van der Waals surface area contributed by atoms with Crippen molar-refractivity contribution in [1.82, 2.24) is 10.1 Å². The molecule has 5 heteroatoms. The van der Waals surface area contributed by atoms with Crippen molar-refractivity contribution < 1.29 is 9.26 Å². The third-order valence-corrected chi connectivity index (χ3v) is 2.52. The van der Waals surface area contributed by atoms with Crippen LogP contribution in [0.3, 0.4) is 0 Å². The summed E-state index contributed by atoms with van der Waals surface area (Å²) in [7, 11) is 1.57. The van der Waals surface area contributed by atoms with Crippen molar-refractivity contribution in [2.75, 3.05) is 7.11 Å². The highest BCUT2D eigenvalue weighted by Gasteiger charge is 2.14. The Bertz CT molecular complexity index is 541. The average Bonchev–Trinajstić information content (AvgIpc) is 2.68. The zero-order valence-corrected chi connectivity index (χ0v) is 10.0. The highest BCUT2D eigenvalue weighted by molar-refractivity contribution is 5.70. The number of nitrogens with zero attached hydrogens (tertiary/aromatic N) is 3. The second-order valence-electron chi connectivity index (χ2n) is 3.61. The van der Waals surface area contributed by atoms with Gasteiger partial charge in [-0.05, 0) is 26.6 Å². The number of ether oxygens (including phenoxy) is 1. The fraction of sp³-hybridized carbons (Fsp3) is 0.250. The number of hydrogen-bond donors (Lipinski definition) is 0. The van der Waals surface area contributed by atoms with Crippen LogP contribution in [0, 0.1) is 13.8 Å². The van der Waals surface area contributed by atoms with Crippen LogP contribution in [0.1, 0.15) is 11.5 Å². The van der Waals surface area contributed by atoms with E-state index in [-0.39, 0.29) is 0 Å². The van der Waals surface area contributed by atoms with Crippen LogP contribution in [0.25, 0.3) is 11.1 Å². The smallest absolute Gasteiger partial charge is 0.194 e. The summed E-state index contributed by atoms with van der Waals surface area (Å²) in [6.45, 7) is 7.19. The van der Waals surface area contributed by atoms with Gasteiger partial charge in [0.05, 0.1) is 12.8 Å². The molecule has 2 heterocycles. The number of pyridine rings is 1. The first-order valence-corrected chi connectivity index (χ1v) is 5.11. The van der Waals surface area contributed by atoms with Gasteiger partial charge in [-0.2, -0.15) is 0 Å². The SMILES string of the molecule is C=Nc1ncc(-c2c(C)noc2C)cc1OC. The molecule has 0 fully saturated rings. The van der Waals surface area contributed by atoms with Crippen LogP contribution in [0.4, 0.5) is 5.82 Å². The van der Waals surface area contributed by atoms with E-state index in [1.165, 1.54) is 0 Å². The van der Waals surface area contributed by atoms with E-state index >= 15 is 0 Å². The van der Waals surface area contributed by atoms with E-state index in [9.17, 15) is 0 Å². The molecule has 0 amide bonds. The Hall–Kier alpha value is -2.17. The van der Waals surface area contributed by atoms with Gasteiger partial charge in [-0.3, -0.25) is 0 Å². The molecule has 0 aliphatic carbocycles. The molecule has 17 heavy (non-hydrogen) atoms. The maximum atomic E-state index is 5.21. The van der Waals surface area contributed by atoms with Crippen molar-refractivity contribution >= 4 is 12.5 Å². The van der Waals surface area contributed by atoms with Crippen LogP contribution in [0.2, 0.25) is 0 Å². The molecule has 5 nitrogen and oxygen atoms in total. The summed E-state index contributed by atoms with van der Waals surface area (Å²) >= 11 is 0. The van der Waals surface area contributed by atoms with Gasteiger partial charge < -0.3 is 9.26 Å². The second-order valence-corrected chi connectivity index (χ2v) is 3.61. The normalized spacial score (nSPS) is 10.3. The Morgan fingerprint density at radius 2 is 2.18 bits per heavy atom. The van der Waals surface area contributed by atoms with Crippen LogP contribution in [-0.2, 0) is 0 Å². The lowest BCUT2D eigenvalue weighted by molar-refractivity contribution is 0.393. The van der Waals surface area contributed by atoms with Gasteiger partial charge in [-0.15, -0.1) is 0 Å². The first-order chi connectivity index (χ1) is 8.17. The van der Waals surface area contributed by atoms with Gasteiger partial charge in [0.2, 0.25) is 0 Å². The zero-order chi connectivity index (χ0) is 12.4. The predicted octanol–water partition coefficient (Wildman–Crippen LogP) is 2.69. The molecule has 0 unspecified atom stereocenters.